The van der Waals surface area contributed by atoms with Crippen LogP contribution in [-0.4, -0.2) is 53.5 Å². The molecule has 0 aromatic carbocycles. The van der Waals surface area contributed by atoms with Gasteiger partial charge in [0.05, 0.1) is 5.75 Å². The molecule has 0 bridgehead atoms. The molecule has 1 unspecified atom stereocenters. The van der Waals surface area contributed by atoms with E-state index in [1.165, 1.54) is 0 Å². The molecule has 114 valence electrons. The van der Waals surface area contributed by atoms with Gasteiger partial charge in [0.15, 0.2) is 9.84 Å². The van der Waals surface area contributed by atoms with Gasteiger partial charge in [-0.25, -0.2) is 13.2 Å². The molecular weight excluding hydrogens is 290 g/mol. The molecule has 3 N–H and O–H groups in total. The monoisotopic (exact) mass is 307 g/mol. The molecule has 8 nitrogen and oxygen atoms in total. The quantitative estimate of drug-likeness (QED) is 0.595. The number of hydrogen-bond acceptors (Lipinski definition) is 5. The summed E-state index contributed by atoms with van der Waals surface area (Å²) in [6, 6.07) is -1.39. The second-order valence-electron chi connectivity index (χ2n) is 4.68. The maximum absolute atomic E-state index is 11.9. The molecule has 1 fully saturated rings. The van der Waals surface area contributed by atoms with Gasteiger partial charge < -0.3 is 15.5 Å². The molecule has 1 rings (SSSR count). The minimum atomic E-state index is -3.55. The van der Waals surface area contributed by atoms with Crippen molar-refractivity contribution >= 4 is 27.7 Å². The topological polar surface area (TPSA) is 138 Å². The molecule has 1 heterocycles. The fraction of sp³-hybridized carbons (Fsp3) is 0.727. The number of sulfone groups is 1. The van der Waals surface area contributed by atoms with Gasteiger partial charge in [0.25, 0.3) is 0 Å². The zero-order chi connectivity index (χ0) is 15.3. The summed E-state index contributed by atoms with van der Waals surface area (Å²) in [6.07, 6.45) is 0.537. The van der Waals surface area contributed by atoms with E-state index in [2.05, 4.69) is 5.32 Å². The number of hydrogen-bond donors (Lipinski definition) is 3. The fourth-order valence-corrected chi connectivity index (χ4v) is 3.85. The molecule has 1 saturated heterocycles. The van der Waals surface area contributed by atoms with Crippen LogP contribution in [0.2, 0.25) is 0 Å². The Morgan fingerprint density at radius 1 is 1.20 bits per heavy atom. The average Bonchev–Trinajstić information content (AvgIpc) is 2.32. The van der Waals surface area contributed by atoms with E-state index < -0.39 is 45.4 Å². The molecule has 0 saturated carbocycles. The predicted octanol–water partition coefficient (Wildman–Crippen LogP) is -0.612. The molecule has 0 spiro atoms. The Morgan fingerprint density at radius 2 is 1.85 bits per heavy atom. The molecule has 0 aromatic heterocycles. The molecule has 20 heavy (non-hydrogen) atoms. The lowest BCUT2D eigenvalue weighted by atomic mass is 10.1. The van der Waals surface area contributed by atoms with Gasteiger partial charge in [-0.15, -0.1) is 0 Å². The number of carbonyl (C=O) groups excluding carboxylic acids is 1. The van der Waals surface area contributed by atoms with Crippen LogP contribution in [0.4, 0.5) is 0 Å². The van der Waals surface area contributed by atoms with Gasteiger partial charge in [0.1, 0.15) is 11.3 Å². The van der Waals surface area contributed by atoms with Gasteiger partial charge in [-0.3, -0.25) is 9.59 Å². The lowest BCUT2D eigenvalue weighted by Gasteiger charge is -2.23. The SMILES string of the molecule is O=C(O)CC[C@H](NC(=O)C1CCCCS1(=O)=O)C(=O)O. The van der Waals surface area contributed by atoms with Crippen LogP contribution in [0.3, 0.4) is 0 Å². The van der Waals surface area contributed by atoms with E-state index in [1.54, 1.807) is 0 Å². The summed E-state index contributed by atoms with van der Waals surface area (Å²) in [5.74, 6) is -3.51. The van der Waals surface area contributed by atoms with Gasteiger partial charge in [-0.1, -0.05) is 6.42 Å². The van der Waals surface area contributed by atoms with E-state index in [0.29, 0.717) is 12.8 Å². The van der Waals surface area contributed by atoms with Gasteiger partial charge in [0, 0.05) is 6.42 Å². The standard InChI is InChI=1S/C11H17NO7S/c13-9(14)5-4-7(11(16)17)12-10(15)8-3-1-2-6-20(8,18)19/h7-8H,1-6H2,(H,12,15)(H,13,14)(H,16,17)/t7-,8?/m0/s1. The van der Waals surface area contributed by atoms with E-state index in [0.717, 1.165) is 0 Å². The third-order valence-corrected chi connectivity index (χ3v) is 5.31. The largest absolute Gasteiger partial charge is 0.481 e. The van der Waals surface area contributed by atoms with Gasteiger partial charge in [0.2, 0.25) is 5.91 Å². The Balaban J connectivity index is 2.70. The third kappa shape index (κ3) is 4.48. The van der Waals surface area contributed by atoms with Crippen molar-refractivity contribution < 1.29 is 33.0 Å². The van der Waals surface area contributed by atoms with Crippen LogP contribution < -0.4 is 5.32 Å². The van der Waals surface area contributed by atoms with E-state index in [4.69, 9.17) is 10.2 Å². The first-order valence-corrected chi connectivity index (χ1v) is 7.92. The van der Waals surface area contributed by atoms with Crippen molar-refractivity contribution in [2.75, 3.05) is 5.75 Å². The van der Waals surface area contributed by atoms with Crippen molar-refractivity contribution in [3.63, 3.8) is 0 Å². The zero-order valence-electron chi connectivity index (χ0n) is 10.7. The highest BCUT2D eigenvalue weighted by atomic mass is 32.2. The second-order valence-corrected chi connectivity index (χ2v) is 6.99. The molecule has 0 aliphatic carbocycles. The number of rotatable bonds is 6. The van der Waals surface area contributed by atoms with Crippen LogP contribution in [0, 0.1) is 0 Å². The number of amides is 1. The van der Waals surface area contributed by atoms with Crippen LogP contribution in [0.5, 0.6) is 0 Å². The average molecular weight is 307 g/mol. The molecule has 0 radical (unpaired) electrons. The number of carbonyl (C=O) groups is 3. The molecule has 1 aliphatic heterocycles. The molecule has 2 atom stereocenters. The summed E-state index contributed by atoms with van der Waals surface area (Å²) in [7, 11) is -3.55. The molecule has 1 amide bonds. The molecular formula is C11H17NO7S. The lowest BCUT2D eigenvalue weighted by Crippen LogP contribution is -2.49. The Kier molecular flexibility index (Phi) is 5.49. The Labute approximate surface area is 116 Å². The summed E-state index contributed by atoms with van der Waals surface area (Å²) >= 11 is 0. The summed E-state index contributed by atoms with van der Waals surface area (Å²) in [6.45, 7) is 0. The van der Waals surface area contributed by atoms with Crippen LogP contribution in [0.25, 0.3) is 0 Å². The van der Waals surface area contributed by atoms with Crippen molar-refractivity contribution in [3.8, 4) is 0 Å². The highest BCUT2D eigenvalue weighted by Crippen LogP contribution is 2.19. The minimum Gasteiger partial charge on any atom is -0.481 e. The first kappa shape index (κ1) is 16.4. The summed E-state index contributed by atoms with van der Waals surface area (Å²) in [5, 5.41) is 18.3. The van der Waals surface area contributed by atoms with E-state index in [1.807, 2.05) is 0 Å². The predicted molar refractivity (Wildman–Crippen MR) is 67.9 cm³/mol. The van der Waals surface area contributed by atoms with Crippen LogP contribution in [-0.2, 0) is 24.2 Å². The fourth-order valence-electron chi connectivity index (χ4n) is 2.04. The number of carboxylic acids is 2. The van der Waals surface area contributed by atoms with Gasteiger partial charge in [-0.05, 0) is 19.3 Å². The zero-order valence-corrected chi connectivity index (χ0v) is 11.6. The summed E-state index contributed by atoms with van der Waals surface area (Å²) in [4.78, 5) is 33.2. The van der Waals surface area contributed by atoms with Gasteiger partial charge in [-0.2, -0.15) is 0 Å². The van der Waals surface area contributed by atoms with Crippen molar-refractivity contribution in [2.45, 2.75) is 43.4 Å². The summed E-state index contributed by atoms with van der Waals surface area (Å²) < 4.78 is 23.5. The molecule has 1 aliphatic rings. The maximum atomic E-state index is 11.9. The van der Waals surface area contributed by atoms with Crippen molar-refractivity contribution in [2.24, 2.45) is 0 Å². The number of aliphatic carboxylic acids is 2. The molecule has 0 aromatic rings. The smallest absolute Gasteiger partial charge is 0.326 e. The van der Waals surface area contributed by atoms with Crippen molar-refractivity contribution in [1.29, 1.82) is 0 Å². The Morgan fingerprint density at radius 3 is 2.35 bits per heavy atom. The second kappa shape index (κ2) is 6.69. The van der Waals surface area contributed by atoms with E-state index in [-0.39, 0.29) is 18.6 Å². The maximum Gasteiger partial charge on any atom is 0.326 e. The van der Waals surface area contributed by atoms with E-state index in [9.17, 15) is 22.8 Å². The lowest BCUT2D eigenvalue weighted by molar-refractivity contribution is -0.143. The molecule has 9 heteroatoms. The van der Waals surface area contributed by atoms with Crippen molar-refractivity contribution in [1.82, 2.24) is 5.32 Å². The summed E-state index contributed by atoms with van der Waals surface area (Å²) in [5.41, 5.74) is 0. The van der Waals surface area contributed by atoms with Gasteiger partial charge >= 0.3 is 11.9 Å². The third-order valence-electron chi connectivity index (χ3n) is 3.13. The Hall–Kier alpha value is -1.64. The van der Waals surface area contributed by atoms with Crippen LogP contribution in [0.15, 0.2) is 0 Å². The normalized spacial score (nSPS) is 22.7. The first-order valence-electron chi connectivity index (χ1n) is 6.20. The number of nitrogens with one attached hydrogen (secondary N) is 1. The minimum absolute atomic E-state index is 0.0854. The number of carboxylic acid groups (broad SMARTS) is 2. The van der Waals surface area contributed by atoms with Crippen molar-refractivity contribution in [3.05, 3.63) is 0 Å². The van der Waals surface area contributed by atoms with Crippen LogP contribution in [0.1, 0.15) is 32.1 Å². The first-order chi connectivity index (χ1) is 9.24. The van der Waals surface area contributed by atoms with E-state index >= 15 is 0 Å². The highest BCUT2D eigenvalue weighted by molar-refractivity contribution is 7.92. The van der Waals surface area contributed by atoms with Crippen LogP contribution >= 0.6 is 0 Å². The highest BCUT2D eigenvalue weighted by Gasteiger charge is 2.36. The Bertz CT molecular complexity index is 499.